The van der Waals surface area contributed by atoms with Gasteiger partial charge in [0.1, 0.15) is 18.3 Å². The number of fused-ring (bicyclic) bond motifs is 5. The van der Waals surface area contributed by atoms with Gasteiger partial charge in [-0.2, -0.15) is 0 Å². The first-order valence-corrected chi connectivity index (χ1v) is 14.9. The van der Waals surface area contributed by atoms with Crippen LogP contribution in [0.4, 0.5) is 0 Å². The highest BCUT2D eigenvalue weighted by atomic mass is 16.6. The van der Waals surface area contributed by atoms with Gasteiger partial charge in [0.05, 0.1) is 7.11 Å². The van der Waals surface area contributed by atoms with Crippen LogP contribution in [0.5, 0.6) is 0 Å². The van der Waals surface area contributed by atoms with E-state index in [2.05, 4.69) is 20.8 Å². The molecule has 8 heteroatoms. The third kappa shape index (κ3) is 5.58. The second-order valence-electron chi connectivity index (χ2n) is 13.4. The predicted octanol–water partition coefficient (Wildman–Crippen LogP) is 5.25. The van der Waals surface area contributed by atoms with Gasteiger partial charge >= 0.3 is 23.9 Å². The van der Waals surface area contributed by atoms with Crippen LogP contribution < -0.4 is 0 Å². The van der Waals surface area contributed by atoms with Gasteiger partial charge in [0, 0.05) is 39.0 Å². The molecule has 0 amide bonds. The summed E-state index contributed by atoms with van der Waals surface area (Å²) in [4.78, 5) is 48.6. The lowest BCUT2D eigenvalue weighted by Gasteiger charge is -2.64. The molecule has 220 valence electrons. The maximum absolute atomic E-state index is 12.5. The summed E-state index contributed by atoms with van der Waals surface area (Å²) in [6.45, 7) is 11.3. The minimum absolute atomic E-state index is 0.0496. The average molecular weight is 549 g/mol. The molecule has 8 nitrogen and oxygen atoms in total. The van der Waals surface area contributed by atoms with E-state index in [9.17, 15) is 19.2 Å². The van der Waals surface area contributed by atoms with Crippen molar-refractivity contribution in [2.75, 3.05) is 7.11 Å². The van der Waals surface area contributed by atoms with Crippen molar-refractivity contribution in [3.8, 4) is 0 Å². The Morgan fingerprint density at radius 2 is 1.36 bits per heavy atom. The molecule has 4 fully saturated rings. The topological polar surface area (TPSA) is 105 Å². The summed E-state index contributed by atoms with van der Waals surface area (Å²) in [7, 11) is 1.44. The maximum atomic E-state index is 12.5. The van der Waals surface area contributed by atoms with Gasteiger partial charge < -0.3 is 18.9 Å². The zero-order chi connectivity index (χ0) is 28.7. The smallest absolute Gasteiger partial charge is 0.305 e. The highest BCUT2D eigenvalue weighted by Crippen LogP contribution is 2.69. The van der Waals surface area contributed by atoms with Crippen LogP contribution in [0.2, 0.25) is 0 Å². The molecular formula is C31H48O8. The van der Waals surface area contributed by atoms with Gasteiger partial charge in [0.2, 0.25) is 0 Å². The van der Waals surface area contributed by atoms with Crippen LogP contribution in [0.15, 0.2) is 0 Å². The number of carbonyl (C=O) groups is 4. The summed E-state index contributed by atoms with van der Waals surface area (Å²) in [5.74, 6) is 0.289. The Kier molecular flexibility index (Phi) is 8.73. The summed E-state index contributed by atoms with van der Waals surface area (Å²) in [6.07, 6.45) is 6.38. The van der Waals surface area contributed by atoms with Gasteiger partial charge in [0.25, 0.3) is 0 Å². The van der Waals surface area contributed by atoms with E-state index in [1.54, 1.807) is 0 Å². The van der Waals surface area contributed by atoms with Crippen LogP contribution >= 0.6 is 0 Å². The average Bonchev–Trinajstić information content (AvgIpc) is 3.21. The van der Waals surface area contributed by atoms with Crippen LogP contribution in [0.1, 0.15) is 99.3 Å². The number of methoxy groups -OCH3 is 1. The second-order valence-corrected chi connectivity index (χ2v) is 13.4. The summed E-state index contributed by atoms with van der Waals surface area (Å²) >= 11 is 0. The second kappa shape index (κ2) is 11.4. The van der Waals surface area contributed by atoms with Crippen molar-refractivity contribution in [1.29, 1.82) is 0 Å². The fraction of sp³-hybridized carbons (Fsp3) is 0.871. The van der Waals surface area contributed by atoms with Crippen LogP contribution in [0.3, 0.4) is 0 Å². The van der Waals surface area contributed by atoms with Gasteiger partial charge in [-0.15, -0.1) is 0 Å². The zero-order valence-corrected chi connectivity index (χ0v) is 24.8. The van der Waals surface area contributed by atoms with E-state index in [0.717, 1.165) is 44.9 Å². The fourth-order valence-corrected chi connectivity index (χ4v) is 9.81. The lowest BCUT2D eigenvalue weighted by Crippen LogP contribution is -2.65. The van der Waals surface area contributed by atoms with E-state index < -0.39 is 12.2 Å². The molecule has 0 N–H and O–H groups in total. The lowest BCUT2D eigenvalue weighted by molar-refractivity contribution is -0.242. The molecular weight excluding hydrogens is 500 g/mol. The third-order valence-corrected chi connectivity index (χ3v) is 11.4. The Morgan fingerprint density at radius 3 is 1.97 bits per heavy atom. The number of rotatable bonds is 7. The Balaban J connectivity index is 1.69. The predicted molar refractivity (Wildman–Crippen MR) is 143 cm³/mol. The highest BCUT2D eigenvalue weighted by Gasteiger charge is 2.67. The molecule has 4 saturated carbocycles. The van der Waals surface area contributed by atoms with Crippen molar-refractivity contribution < 1.29 is 38.1 Å². The lowest BCUT2D eigenvalue weighted by atomic mass is 9.43. The molecule has 4 aliphatic rings. The molecule has 0 aliphatic heterocycles. The van der Waals surface area contributed by atoms with E-state index in [4.69, 9.17) is 18.9 Å². The van der Waals surface area contributed by atoms with Gasteiger partial charge in [-0.3, -0.25) is 19.2 Å². The fourth-order valence-electron chi connectivity index (χ4n) is 9.81. The molecule has 0 aromatic carbocycles. The molecule has 0 bridgehead atoms. The Hall–Kier alpha value is -2.12. The molecule has 0 radical (unpaired) electrons. The van der Waals surface area contributed by atoms with Crippen molar-refractivity contribution in [3.05, 3.63) is 0 Å². The van der Waals surface area contributed by atoms with Crippen molar-refractivity contribution in [1.82, 2.24) is 0 Å². The van der Waals surface area contributed by atoms with Crippen LogP contribution in [-0.4, -0.2) is 49.3 Å². The minimum atomic E-state index is -0.575. The minimum Gasteiger partial charge on any atom is -0.469 e. The number of hydrogen-bond acceptors (Lipinski definition) is 8. The number of carbonyl (C=O) groups excluding carboxylic acids is 4. The van der Waals surface area contributed by atoms with Crippen LogP contribution in [-0.2, 0) is 38.1 Å². The van der Waals surface area contributed by atoms with E-state index in [1.165, 1.54) is 27.9 Å². The molecule has 0 aromatic heterocycles. The van der Waals surface area contributed by atoms with Crippen molar-refractivity contribution >= 4 is 23.9 Å². The first kappa shape index (κ1) is 29.9. The van der Waals surface area contributed by atoms with Crippen molar-refractivity contribution in [2.24, 2.45) is 46.3 Å². The molecule has 11 atom stereocenters. The van der Waals surface area contributed by atoms with Crippen molar-refractivity contribution in [2.45, 2.75) is 118 Å². The summed E-state index contributed by atoms with van der Waals surface area (Å²) in [5, 5.41) is 0. The molecule has 39 heavy (non-hydrogen) atoms. The van der Waals surface area contributed by atoms with E-state index >= 15 is 0 Å². The van der Waals surface area contributed by atoms with Crippen molar-refractivity contribution in [3.63, 3.8) is 0 Å². The van der Waals surface area contributed by atoms with Gasteiger partial charge in [-0.25, -0.2) is 0 Å². The molecule has 0 aromatic rings. The number of ether oxygens (including phenoxy) is 4. The molecule has 0 spiro atoms. The molecule has 0 heterocycles. The number of esters is 4. The maximum Gasteiger partial charge on any atom is 0.305 e. The summed E-state index contributed by atoms with van der Waals surface area (Å²) < 4.78 is 22.7. The zero-order valence-electron chi connectivity index (χ0n) is 24.8. The normalized spacial score (nSPS) is 41.7. The first-order chi connectivity index (χ1) is 18.3. The van der Waals surface area contributed by atoms with Gasteiger partial charge in [0.15, 0.2) is 0 Å². The molecule has 0 unspecified atom stereocenters. The largest absolute Gasteiger partial charge is 0.469 e. The standard InChI is InChI=1S/C31H48O8/c1-17(8-11-26(35)36-7)22-9-10-23-27-24(13-15-30(22,23)5)31(6)14-12-21(37-18(2)32)16-25(31)28(38-19(3)33)29(27)39-20(4)34/h17,21-25,27-29H,8-16H2,1-7H3/t17-,21-,22-,23+,24-,25+,27-,28-,29-,30-,31-/m1/s1. The Morgan fingerprint density at radius 1 is 0.769 bits per heavy atom. The molecule has 4 rings (SSSR count). The third-order valence-electron chi connectivity index (χ3n) is 11.4. The Labute approximate surface area is 233 Å². The molecule has 0 saturated heterocycles. The molecule has 4 aliphatic carbocycles. The highest BCUT2D eigenvalue weighted by molar-refractivity contribution is 5.69. The summed E-state index contributed by atoms with van der Waals surface area (Å²) in [5.41, 5.74) is -0.0674. The monoisotopic (exact) mass is 548 g/mol. The van der Waals surface area contributed by atoms with E-state index in [0.29, 0.717) is 36.5 Å². The SMILES string of the molecule is COC(=O)CC[C@@H](C)[C@H]1CC[C@H]2[C@H]3[C@@H](OC(C)=O)[C@H](OC(C)=O)[C@@H]4C[C@H](OC(C)=O)CC[C@]4(C)[C@@H]3CC[C@]12C. The van der Waals surface area contributed by atoms with E-state index in [-0.39, 0.29) is 52.6 Å². The Bertz CT molecular complexity index is 962. The number of hydrogen-bond donors (Lipinski definition) is 0. The quantitative estimate of drug-likeness (QED) is 0.314. The van der Waals surface area contributed by atoms with Crippen LogP contribution in [0, 0.1) is 46.3 Å². The van der Waals surface area contributed by atoms with Gasteiger partial charge in [-0.1, -0.05) is 20.8 Å². The van der Waals surface area contributed by atoms with Gasteiger partial charge in [-0.05, 0) is 85.9 Å². The summed E-state index contributed by atoms with van der Waals surface area (Å²) in [6, 6.07) is 0. The first-order valence-electron chi connectivity index (χ1n) is 14.9. The van der Waals surface area contributed by atoms with E-state index in [1.807, 2.05) is 0 Å². The van der Waals surface area contributed by atoms with Crippen LogP contribution in [0.25, 0.3) is 0 Å².